The largest absolute Gasteiger partial charge is 0.386 e. The van der Waals surface area contributed by atoms with Crippen LogP contribution in [0.15, 0.2) is 36.5 Å². The van der Waals surface area contributed by atoms with E-state index < -0.39 is 0 Å². The first-order valence-electron chi connectivity index (χ1n) is 15.4. The minimum Gasteiger partial charge on any atom is -0.386 e. The fourth-order valence-corrected chi connectivity index (χ4v) is 6.28. The van der Waals surface area contributed by atoms with Gasteiger partial charge >= 0.3 is 0 Å². The molecular formula is C32H47N7O2. The third kappa shape index (κ3) is 7.45. The van der Waals surface area contributed by atoms with Gasteiger partial charge in [0.2, 0.25) is 5.91 Å². The standard InChI is InChI=1S/C32H47N7O2/c1-4-25-6-5-7-27(20-25)28-21-29(33-2)31(34-22-28)32(41)39-18-14-37(15-19-39)23-26-8-10-36(11-9-26)24-30(40)38-16-12-35(3)13-17-38/h5-7,20-22,26,33H,4,8-19,23-24H2,1-3H3. The molecule has 3 fully saturated rings. The number of piperidine rings is 1. The Balaban J connectivity index is 1.07. The summed E-state index contributed by atoms with van der Waals surface area (Å²) in [4.78, 5) is 41.9. The number of nitrogens with zero attached hydrogens (tertiary/aromatic N) is 6. The van der Waals surface area contributed by atoms with Gasteiger partial charge in [-0.3, -0.25) is 19.4 Å². The number of amides is 2. The molecule has 3 saturated heterocycles. The van der Waals surface area contributed by atoms with Crippen LogP contribution in [0.1, 0.15) is 35.8 Å². The molecule has 9 nitrogen and oxygen atoms in total. The lowest BCUT2D eigenvalue weighted by Gasteiger charge is -2.39. The molecule has 0 aliphatic carbocycles. The molecule has 1 N–H and O–H groups in total. The first kappa shape index (κ1) is 29.5. The van der Waals surface area contributed by atoms with Crippen molar-refractivity contribution in [1.82, 2.24) is 29.5 Å². The minimum atomic E-state index is 0.00110. The van der Waals surface area contributed by atoms with Gasteiger partial charge in [-0.05, 0) is 62.5 Å². The average Bonchev–Trinajstić information content (AvgIpc) is 3.02. The molecule has 4 heterocycles. The number of benzene rings is 1. The van der Waals surface area contributed by atoms with E-state index in [4.69, 9.17) is 0 Å². The molecule has 0 radical (unpaired) electrons. The molecule has 41 heavy (non-hydrogen) atoms. The summed E-state index contributed by atoms with van der Waals surface area (Å²) in [7, 11) is 3.97. The normalized spacial score (nSPS) is 19.9. The maximum atomic E-state index is 13.4. The van der Waals surface area contributed by atoms with Crippen LogP contribution in [0.3, 0.4) is 0 Å². The Bertz CT molecular complexity index is 1180. The van der Waals surface area contributed by atoms with Gasteiger partial charge in [0.25, 0.3) is 5.91 Å². The van der Waals surface area contributed by atoms with Crippen molar-refractivity contribution in [1.29, 1.82) is 0 Å². The Hall–Kier alpha value is -3.01. The number of pyridine rings is 1. The van der Waals surface area contributed by atoms with Crippen LogP contribution < -0.4 is 5.32 Å². The van der Waals surface area contributed by atoms with Crippen molar-refractivity contribution in [2.45, 2.75) is 26.2 Å². The first-order valence-corrected chi connectivity index (χ1v) is 15.4. The van der Waals surface area contributed by atoms with Crippen LogP contribution in [0.4, 0.5) is 5.69 Å². The Morgan fingerprint density at radius 1 is 0.878 bits per heavy atom. The zero-order valence-electron chi connectivity index (χ0n) is 25.1. The van der Waals surface area contributed by atoms with Crippen LogP contribution >= 0.6 is 0 Å². The molecular weight excluding hydrogens is 514 g/mol. The van der Waals surface area contributed by atoms with E-state index in [-0.39, 0.29) is 11.8 Å². The number of hydrogen-bond acceptors (Lipinski definition) is 7. The highest BCUT2D eigenvalue weighted by Gasteiger charge is 2.29. The average molecular weight is 562 g/mol. The lowest BCUT2D eigenvalue weighted by molar-refractivity contribution is -0.134. The molecule has 0 bridgehead atoms. The van der Waals surface area contributed by atoms with Crippen molar-refractivity contribution >= 4 is 17.5 Å². The van der Waals surface area contributed by atoms with Crippen LogP contribution in [-0.4, -0.2) is 134 Å². The molecule has 2 aromatic rings. The number of aromatic nitrogens is 1. The van der Waals surface area contributed by atoms with E-state index in [0.29, 0.717) is 18.2 Å². The number of carbonyl (C=O) groups excluding carboxylic acids is 2. The van der Waals surface area contributed by atoms with Crippen molar-refractivity contribution < 1.29 is 9.59 Å². The third-order valence-corrected chi connectivity index (χ3v) is 9.13. The lowest BCUT2D eigenvalue weighted by Crippen LogP contribution is -2.52. The van der Waals surface area contributed by atoms with E-state index in [1.165, 1.54) is 5.56 Å². The van der Waals surface area contributed by atoms with Crippen LogP contribution in [0.2, 0.25) is 0 Å². The zero-order chi connectivity index (χ0) is 28.8. The summed E-state index contributed by atoms with van der Waals surface area (Å²) >= 11 is 0. The van der Waals surface area contributed by atoms with Crippen LogP contribution in [-0.2, 0) is 11.2 Å². The molecule has 222 valence electrons. The minimum absolute atomic E-state index is 0.00110. The quantitative estimate of drug-likeness (QED) is 0.531. The molecule has 5 rings (SSSR count). The van der Waals surface area contributed by atoms with Crippen LogP contribution in [0.25, 0.3) is 11.1 Å². The molecule has 3 aliphatic heterocycles. The number of anilines is 1. The van der Waals surface area contributed by atoms with E-state index in [0.717, 1.165) is 108 Å². The third-order valence-electron chi connectivity index (χ3n) is 9.13. The van der Waals surface area contributed by atoms with E-state index in [9.17, 15) is 9.59 Å². The van der Waals surface area contributed by atoms with Gasteiger partial charge in [0.05, 0.1) is 12.2 Å². The predicted molar refractivity (Wildman–Crippen MR) is 164 cm³/mol. The Labute approximate surface area is 245 Å². The van der Waals surface area contributed by atoms with Gasteiger partial charge in [0, 0.05) is 77.7 Å². The number of aryl methyl sites for hydroxylation is 1. The number of hydrogen-bond donors (Lipinski definition) is 1. The summed E-state index contributed by atoms with van der Waals surface area (Å²) in [5, 5.41) is 3.20. The first-order chi connectivity index (χ1) is 19.9. The highest BCUT2D eigenvalue weighted by Crippen LogP contribution is 2.26. The summed E-state index contributed by atoms with van der Waals surface area (Å²) in [6.07, 6.45) is 5.08. The summed E-state index contributed by atoms with van der Waals surface area (Å²) in [5.74, 6) is 0.943. The highest BCUT2D eigenvalue weighted by molar-refractivity contribution is 5.98. The van der Waals surface area contributed by atoms with Gasteiger partial charge in [-0.15, -0.1) is 0 Å². The predicted octanol–water partition coefficient (Wildman–Crippen LogP) is 2.60. The van der Waals surface area contributed by atoms with Crippen molar-refractivity contribution in [2.24, 2.45) is 5.92 Å². The fourth-order valence-electron chi connectivity index (χ4n) is 6.28. The SMILES string of the molecule is CCc1cccc(-c2cnc(C(=O)N3CCN(CC4CCN(CC(=O)N5CCN(C)CC5)CC4)CC3)c(NC)c2)c1. The second kappa shape index (κ2) is 13.8. The maximum Gasteiger partial charge on any atom is 0.274 e. The molecule has 0 unspecified atom stereocenters. The lowest BCUT2D eigenvalue weighted by atomic mass is 9.96. The van der Waals surface area contributed by atoms with Crippen LogP contribution in [0.5, 0.6) is 0 Å². The summed E-state index contributed by atoms with van der Waals surface area (Å²) in [6, 6.07) is 10.5. The smallest absolute Gasteiger partial charge is 0.274 e. The molecule has 0 atom stereocenters. The second-order valence-corrected chi connectivity index (χ2v) is 11.9. The van der Waals surface area contributed by atoms with Crippen molar-refractivity contribution in [3.8, 4) is 11.1 Å². The van der Waals surface area contributed by atoms with E-state index in [1.54, 1.807) is 0 Å². The Kier molecular flexibility index (Phi) is 9.90. The fraction of sp³-hybridized carbons (Fsp3) is 0.594. The van der Waals surface area contributed by atoms with Crippen molar-refractivity contribution in [3.63, 3.8) is 0 Å². The van der Waals surface area contributed by atoms with Crippen LogP contribution in [0, 0.1) is 5.92 Å². The van der Waals surface area contributed by atoms with Gasteiger partial charge in [-0.25, -0.2) is 4.98 Å². The molecule has 9 heteroatoms. The highest BCUT2D eigenvalue weighted by atomic mass is 16.2. The summed E-state index contributed by atoms with van der Waals surface area (Å²) < 4.78 is 0. The number of carbonyl (C=O) groups is 2. The van der Waals surface area contributed by atoms with E-state index >= 15 is 0 Å². The molecule has 1 aromatic carbocycles. The second-order valence-electron chi connectivity index (χ2n) is 11.9. The van der Waals surface area contributed by atoms with Gasteiger partial charge in [-0.2, -0.15) is 0 Å². The molecule has 1 aromatic heterocycles. The molecule has 0 spiro atoms. The number of likely N-dealkylation sites (N-methyl/N-ethyl adjacent to an activating group) is 1. The summed E-state index contributed by atoms with van der Waals surface area (Å²) in [5.41, 5.74) is 4.69. The topological polar surface area (TPSA) is 75.3 Å². The number of likely N-dealkylation sites (tertiary alicyclic amines) is 1. The Morgan fingerprint density at radius 3 is 2.27 bits per heavy atom. The van der Waals surface area contributed by atoms with Gasteiger partial charge in [0.1, 0.15) is 0 Å². The van der Waals surface area contributed by atoms with Crippen molar-refractivity contribution in [2.75, 3.05) is 97.9 Å². The van der Waals surface area contributed by atoms with Gasteiger partial charge in [-0.1, -0.05) is 31.2 Å². The monoisotopic (exact) mass is 561 g/mol. The van der Waals surface area contributed by atoms with Gasteiger partial charge < -0.3 is 20.0 Å². The van der Waals surface area contributed by atoms with E-state index in [2.05, 4.69) is 63.2 Å². The molecule has 3 aliphatic rings. The number of piperazine rings is 2. The summed E-state index contributed by atoms with van der Waals surface area (Å²) in [6.45, 7) is 12.7. The molecule has 0 saturated carbocycles. The molecule has 2 amide bonds. The van der Waals surface area contributed by atoms with E-state index in [1.807, 2.05) is 29.1 Å². The van der Waals surface area contributed by atoms with Gasteiger partial charge in [0.15, 0.2) is 5.69 Å². The Morgan fingerprint density at radius 2 is 1.59 bits per heavy atom. The zero-order valence-corrected chi connectivity index (χ0v) is 25.1. The number of rotatable bonds is 8. The number of nitrogens with one attached hydrogen (secondary N) is 1. The maximum absolute atomic E-state index is 13.4. The van der Waals surface area contributed by atoms with Crippen molar-refractivity contribution in [3.05, 3.63) is 47.8 Å².